The summed E-state index contributed by atoms with van der Waals surface area (Å²) in [5.41, 5.74) is 5.44. The zero-order valence-electron chi connectivity index (χ0n) is 32.2. The zero-order chi connectivity index (χ0) is 40.7. The molecule has 6 N–H and O–H groups in total. The summed E-state index contributed by atoms with van der Waals surface area (Å²) in [6, 6.07) is -1.47. The van der Waals surface area contributed by atoms with Crippen LogP contribution in [0, 0.1) is 0 Å². The number of hydrogen-bond donors (Lipinski definition) is 5. The van der Waals surface area contributed by atoms with Crippen molar-refractivity contribution in [3.05, 3.63) is 0 Å². The first-order valence-electron chi connectivity index (χ1n) is 19.7. The van der Waals surface area contributed by atoms with Crippen LogP contribution in [0.2, 0.25) is 0 Å². The molecule has 0 aromatic carbocycles. The average molecular weight is 786 g/mol. The van der Waals surface area contributed by atoms with Crippen LogP contribution in [0.5, 0.6) is 0 Å². The summed E-state index contributed by atoms with van der Waals surface area (Å²) in [4.78, 5) is 97.9. The maximum absolute atomic E-state index is 12.3. The molecule has 1 rings (SSSR count). The van der Waals surface area contributed by atoms with E-state index < -0.39 is 54.2 Å². The van der Waals surface area contributed by atoms with Gasteiger partial charge in [-0.2, -0.15) is 0 Å². The Morgan fingerprint density at radius 3 is 1.78 bits per heavy atom. The highest BCUT2D eigenvalue weighted by Gasteiger charge is 2.32. The van der Waals surface area contributed by atoms with E-state index in [2.05, 4.69) is 15.5 Å². The number of unbranched alkanes of at least 4 members (excludes halogenated alkanes) is 13. The molecule has 55 heavy (non-hydrogen) atoms. The number of ketones is 1. The van der Waals surface area contributed by atoms with Gasteiger partial charge in [0.2, 0.25) is 11.7 Å². The van der Waals surface area contributed by atoms with Gasteiger partial charge in [0.15, 0.2) is 0 Å². The van der Waals surface area contributed by atoms with Crippen molar-refractivity contribution < 1.29 is 62.9 Å². The summed E-state index contributed by atoms with van der Waals surface area (Å²) >= 11 is 0. The average Bonchev–Trinajstić information content (AvgIpc) is 3.45. The van der Waals surface area contributed by atoms with Crippen LogP contribution in [0.15, 0.2) is 0 Å². The van der Waals surface area contributed by atoms with E-state index in [-0.39, 0.29) is 77.5 Å². The van der Waals surface area contributed by atoms with Gasteiger partial charge in [-0.15, -0.1) is 5.06 Å². The number of carbonyl (C=O) groups is 8. The Balaban J connectivity index is 2.00. The molecule has 1 fully saturated rings. The lowest BCUT2D eigenvalue weighted by atomic mass is 10.0. The Morgan fingerprint density at radius 1 is 0.691 bits per heavy atom. The van der Waals surface area contributed by atoms with Crippen molar-refractivity contribution in [1.29, 1.82) is 0 Å². The number of ether oxygens (including phenoxy) is 2. The molecule has 0 radical (unpaired) electrons. The molecule has 1 aliphatic rings. The van der Waals surface area contributed by atoms with Gasteiger partial charge in [0.1, 0.15) is 12.6 Å². The maximum Gasteiger partial charge on any atom is 0.372 e. The molecule has 18 heteroatoms. The first-order valence-corrected chi connectivity index (χ1v) is 19.7. The van der Waals surface area contributed by atoms with Crippen LogP contribution >= 0.6 is 0 Å². The lowest BCUT2D eigenvalue weighted by molar-refractivity contribution is -0.200. The fourth-order valence-electron chi connectivity index (χ4n) is 5.76. The number of carboxylic acids is 2. The molecular weight excluding hydrogens is 722 g/mol. The van der Waals surface area contributed by atoms with Crippen molar-refractivity contribution >= 4 is 47.4 Å². The van der Waals surface area contributed by atoms with Gasteiger partial charge < -0.3 is 45.8 Å². The topological polar surface area (TPSA) is 261 Å². The smallest absolute Gasteiger partial charge is 0.372 e. The predicted octanol–water partition coefficient (Wildman–Crippen LogP) is 2.84. The Kier molecular flexibility index (Phi) is 27.6. The minimum atomic E-state index is -1.34. The summed E-state index contributed by atoms with van der Waals surface area (Å²) in [6.45, 7) is 1.08. The molecule has 0 aliphatic carbocycles. The Morgan fingerprint density at radius 2 is 1.24 bits per heavy atom. The number of hydrogen-bond acceptors (Lipinski definition) is 12. The molecule has 0 spiro atoms. The normalized spacial score (nSPS) is 13.1. The van der Waals surface area contributed by atoms with Gasteiger partial charge in [0.05, 0.1) is 19.8 Å². The first kappa shape index (κ1) is 48.9. The predicted molar refractivity (Wildman–Crippen MR) is 198 cm³/mol. The summed E-state index contributed by atoms with van der Waals surface area (Å²) in [5.74, 6) is -5.38. The number of nitrogens with one attached hydrogen (secondary N) is 2. The molecule has 1 saturated heterocycles. The molecule has 0 aromatic heterocycles. The number of nitrogens with zero attached hydrogens (tertiary/aromatic N) is 2. The zero-order valence-corrected chi connectivity index (χ0v) is 32.2. The van der Waals surface area contributed by atoms with Crippen LogP contribution in [0.25, 0.3) is 0 Å². The molecular formula is C37H63N5O13. The number of aliphatic carboxylic acids is 2. The minimum Gasteiger partial charge on any atom is -0.480 e. The molecule has 1 aliphatic heterocycles. The summed E-state index contributed by atoms with van der Waals surface area (Å²) in [5, 5.41) is 24.3. The molecule has 0 aromatic rings. The number of primary amides is 1. The lowest BCUT2D eigenvalue weighted by Crippen LogP contribution is -2.40. The molecule has 0 bridgehead atoms. The summed E-state index contributed by atoms with van der Waals surface area (Å²) in [7, 11) is 0. The van der Waals surface area contributed by atoms with E-state index in [1.807, 2.05) is 0 Å². The van der Waals surface area contributed by atoms with Gasteiger partial charge in [-0.05, 0) is 32.2 Å². The number of urea groups is 1. The quantitative estimate of drug-likeness (QED) is 0.0348. The van der Waals surface area contributed by atoms with Gasteiger partial charge in [0.25, 0.3) is 11.8 Å². The highest BCUT2D eigenvalue weighted by atomic mass is 16.7. The second kappa shape index (κ2) is 31.1. The molecule has 0 saturated carbocycles. The Hall–Kier alpha value is -4.16. The monoisotopic (exact) mass is 785 g/mol. The molecule has 314 valence electrons. The summed E-state index contributed by atoms with van der Waals surface area (Å²) < 4.78 is 10.5. The van der Waals surface area contributed by atoms with Crippen molar-refractivity contribution in [2.75, 3.05) is 52.6 Å². The number of Topliss-reactive ketones (excluding diaryl/α,β-unsaturated/α-hetero) is 1. The fraction of sp³-hybridized carbons (Fsp3) is 0.784. The number of hydroxylamine groups is 2. The number of carboxylic acid groups (broad SMARTS) is 2. The van der Waals surface area contributed by atoms with Gasteiger partial charge in [0, 0.05) is 45.3 Å². The van der Waals surface area contributed by atoms with Crippen molar-refractivity contribution in [3.63, 3.8) is 0 Å². The van der Waals surface area contributed by atoms with E-state index in [9.17, 15) is 43.5 Å². The second-order valence-corrected chi connectivity index (χ2v) is 13.6. The first-order chi connectivity index (χ1) is 26.4. The molecule has 5 amide bonds. The number of imide groups is 1. The van der Waals surface area contributed by atoms with E-state index in [4.69, 9.17) is 20.3 Å². The van der Waals surface area contributed by atoms with E-state index in [0.717, 1.165) is 44.9 Å². The number of amides is 5. The fourth-order valence-corrected chi connectivity index (χ4v) is 5.76. The van der Waals surface area contributed by atoms with Crippen molar-refractivity contribution in [1.82, 2.24) is 20.6 Å². The highest BCUT2D eigenvalue weighted by molar-refractivity contribution is 6.32. The van der Waals surface area contributed by atoms with Gasteiger partial charge >= 0.3 is 23.9 Å². The summed E-state index contributed by atoms with van der Waals surface area (Å²) in [6.07, 6.45) is 15.7. The van der Waals surface area contributed by atoms with Crippen molar-refractivity contribution in [2.24, 2.45) is 5.73 Å². The second-order valence-electron chi connectivity index (χ2n) is 13.6. The minimum absolute atomic E-state index is 0.00497. The van der Waals surface area contributed by atoms with Crippen LogP contribution in [0.4, 0.5) is 4.79 Å². The van der Waals surface area contributed by atoms with E-state index in [1.165, 1.54) is 43.4 Å². The van der Waals surface area contributed by atoms with Crippen LogP contribution in [-0.2, 0) is 47.9 Å². The van der Waals surface area contributed by atoms with Crippen molar-refractivity contribution in [3.8, 4) is 0 Å². The van der Waals surface area contributed by atoms with E-state index in [1.54, 1.807) is 0 Å². The number of nitrogens with two attached hydrogens (primary N) is 1. The van der Waals surface area contributed by atoms with Crippen LogP contribution in [0.3, 0.4) is 0 Å². The van der Waals surface area contributed by atoms with Crippen LogP contribution < -0.4 is 16.4 Å². The Bertz CT molecular complexity index is 1190. The molecule has 18 nitrogen and oxygen atoms in total. The number of carbonyl (C=O) groups excluding carboxylic acids is 6. The molecule has 0 unspecified atom stereocenters. The molecule has 1 heterocycles. The SMILES string of the molecule is NC(=O)N(CCCNC(=O)CC[C@H](NCCCCCCCCCCCCCCCCC(=O)C(=O)O)C(=O)O)CCOCCOCC(=O)ON1C(=O)CCC1=O. The van der Waals surface area contributed by atoms with E-state index in [0.29, 0.717) is 24.4 Å². The largest absolute Gasteiger partial charge is 0.480 e. The van der Waals surface area contributed by atoms with Crippen molar-refractivity contribution in [2.45, 2.75) is 134 Å². The third-order valence-corrected chi connectivity index (χ3v) is 8.95. The Labute approximate surface area is 323 Å². The third-order valence-electron chi connectivity index (χ3n) is 8.95. The highest BCUT2D eigenvalue weighted by Crippen LogP contribution is 2.14. The number of rotatable bonds is 36. The molecule has 1 atom stereocenters. The van der Waals surface area contributed by atoms with Gasteiger partial charge in [-0.25, -0.2) is 14.4 Å². The van der Waals surface area contributed by atoms with Crippen LogP contribution in [-0.4, -0.2) is 126 Å². The maximum atomic E-state index is 12.3. The van der Waals surface area contributed by atoms with Crippen LogP contribution in [0.1, 0.15) is 128 Å². The van der Waals surface area contributed by atoms with Gasteiger partial charge in [-0.3, -0.25) is 24.0 Å². The third kappa shape index (κ3) is 25.5. The van der Waals surface area contributed by atoms with Gasteiger partial charge in [-0.1, -0.05) is 77.0 Å². The van der Waals surface area contributed by atoms with E-state index >= 15 is 0 Å². The standard InChI is InChI=1S/C37H63N5O13/c38-37(52)41(24-25-53-26-27-54-28-34(47)55-42-32(45)19-20-33(42)46)23-15-22-40-31(44)18-17-29(35(48)49)39-21-14-12-10-8-6-4-2-1-3-5-7-9-11-13-16-30(43)36(50)51/h29,39H,1-28H2,(H2,38,52)(H,40,44)(H,48,49)(H,50,51)/t29-/m0/s1. The lowest BCUT2D eigenvalue weighted by Gasteiger charge is -2.20.